The van der Waals surface area contributed by atoms with Gasteiger partial charge in [-0.2, -0.15) is 0 Å². The average molecular weight is 423 g/mol. The van der Waals surface area contributed by atoms with Crippen molar-refractivity contribution in [2.45, 2.75) is 71.6 Å². The number of carbonyl (C=O) groups is 1. The predicted molar refractivity (Wildman–Crippen MR) is 123 cm³/mol. The summed E-state index contributed by atoms with van der Waals surface area (Å²) in [5, 5.41) is 3.39. The number of carbonyl (C=O) groups excluding carboxylic acids is 1. The van der Waals surface area contributed by atoms with Crippen LogP contribution in [0.2, 0.25) is 0 Å². The van der Waals surface area contributed by atoms with Gasteiger partial charge < -0.3 is 4.42 Å². The summed E-state index contributed by atoms with van der Waals surface area (Å²) in [6.07, 6.45) is 4.83. The number of thiazole rings is 1. The molecule has 3 aromatic rings. The lowest BCUT2D eigenvalue weighted by molar-refractivity contribution is 0.0995. The van der Waals surface area contributed by atoms with Crippen molar-refractivity contribution in [3.05, 3.63) is 69.1 Å². The maximum Gasteiger partial charge on any atom is 0.293 e. The van der Waals surface area contributed by atoms with Gasteiger partial charge in [-0.25, -0.2) is 4.98 Å². The fraction of sp³-hybridized carbons (Fsp3) is 0.440. The molecule has 1 amide bonds. The monoisotopic (exact) mass is 422 g/mol. The van der Waals surface area contributed by atoms with Crippen LogP contribution in [-0.2, 0) is 17.3 Å². The van der Waals surface area contributed by atoms with Gasteiger partial charge in [-0.05, 0) is 71.9 Å². The molecule has 0 radical (unpaired) electrons. The van der Waals surface area contributed by atoms with E-state index in [1.165, 1.54) is 46.4 Å². The van der Waals surface area contributed by atoms with Gasteiger partial charge in [-0.15, -0.1) is 11.3 Å². The molecule has 4 rings (SSSR count). The number of benzene rings is 1. The molecule has 1 aliphatic rings. The summed E-state index contributed by atoms with van der Waals surface area (Å²) in [7, 11) is 0. The summed E-state index contributed by atoms with van der Waals surface area (Å²) in [6.45, 7) is 13.5. The molecule has 158 valence electrons. The first-order valence-corrected chi connectivity index (χ1v) is 11.3. The molecule has 0 saturated carbocycles. The Morgan fingerprint density at radius 1 is 1.10 bits per heavy atom. The average Bonchev–Trinajstić information content (AvgIpc) is 3.29. The first-order valence-electron chi connectivity index (χ1n) is 10.5. The summed E-state index contributed by atoms with van der Waals surface area (Å²) in [4.78, 5) is 17.7. The number of fused-ring (bicyclic) bond motifs is 1. The molecule has 0 fully saturated rings. The Kier molecular flexibility index (Phi) is 5.13. The molecule has 4 nitrogen and oxygen atoms in total. The predicted octanol–water partition coefficient (Wildman–Crippen LogP) is 6.55. The van der Waals surface area contributed by atoms with Crippen LogP contribution in [0.5, 0.6) is 0 Å². The SMILES string of the molecule is Cc1cnc(NC(=O)c2ccc(Cc3cc4c(cc3C)C(C)(C)CCC4(C)C)o2)s1. The number of nitrogens with one attached hydrogen (secondary N) is 1. The van der Waals surface area contributed by atoms with Crippen LogP contribution >= 0.6 is 11.3 Å². The molecule has 0 bridgehead atoms. The Morgan fingerprint density at radius 3 is 2.40 bits per heavy atom. The summed E-state index contributed by atoms with van der Waals surface area (Å²) >= 11 is 1.45. The van der Waals surface area contributed by atoms with Gasteiger partial charge in [0, 0.05) is 17.5 Å². The number of anilines is 1. The fourth-order valence-corrected chi connectivity index (χ4v) is 4.97. The standard InChI is InChI=1S/C25H30N2O2S/c1-15-11-19-20(25(5,6)10-9-24(19,3)4)13-17(15)12-18-7-8-21(29-18)22(28)27-23-26-14-16(2)30-23/h7-8,11,13-14H,9-10,12H2,1-6H3,(H,26,27,28). The van der Waals surface area contributed by atoms with Crippen molar-refractivity contribution in [1.29, 1.82) is 0 Å². The number of aryl methyl sites for hydroxylation is 2. The van der Waals surface area contributed by atoms with Crippen molar-refractivity contribution >= 4 is 22.4 Å². The molecule has 1 N–H and O–H groups in total. The van der Waals surface area contributed by atoms with Crippen LogP contribution in [0, 0.1) is 13.8 Å². The molecule has 0 unspecified atom stereocenters. The maximum atomic E-state index is 12.5. The zero-order valence-corrected chi connectivity index (χ0v) is 19.5. The zero-order chi connectivity index (χ0) is 21.7. The Balaban J connectivity index is 1.57. The first-order chi connectivity index (χ1) is 14.0. The Labute approximate surface area is 182 Å². The van der Waals surface area contributed by atoms with E-state index >= 15 is 0 Å². The van der Waals surface area contributed by atoms with Crippen molar-refractivity contribution in [1.82, 2.24) is 4.98 Å². The number of hydrogen-bond acceptors (Lipinski definition) is 4. The topological polar surface area (TPSA) is 55.1 Å². The molecule has 1 aromatic carbocycles. The first kappa shape index (κ1) is 20.9. The molecule has 30 heavy (non-hydrogen) atoms. The van der Waals surface area contributed by atoms with Crippen molar-refractivity contribution in [3.63, 3.8) is 0 Å². The highest BCUT2D eigenvalue weighted by atomic mass is 32.1. The number of rotatable bonds is 4. The smallest absolute Gasteiger partial charge is 0.293 e. The van der Waals surface area contributed by atoms with E-state index in [1.54, 1.807) is 12.3 Å². The molecule has 1 aliphatic carbocycles. The Bertz CT molecular complexity index is 1100. The van der Waals surface area contributed by atoms with E-state index in [9.17, 15) is 4.79 Å². The second-order valence-electron chi connectivity index (χ2n) is 9.76. The minimum atomic E-state index is -0.263. The third-order valence-electron chi connectivity index (χ3n) is 6.40. The van der Waals surface area contributed by atoms with Gasteiger partial charge in [0.1, 0.15) is 5.76 Å². The van der Waals surface area contributed by atoms with Crippen LogP contribution < -0.4 is 5.32 Å². The second-order valence-corrected chi connectivity index (χ2v) is 11.0. The van der Waals surface area contributed by atoms with Crippen LogP contribution in [0.3, 0.4) is 0 Å². The van der Waals surface area contributed by atoms with E-state index in [0.29, 0.717) is 17.3 Å². The molecule has 2 heterocycles. The van der Waals surface area contributed by atoms with E-state index in [4.69, 9.17) is 4.42 Å². The molecule has 0 atom stereocenters. The molecule has 5 heteroatoms. The number of furan rings is 1. The largest absolute Gasteiger partial charge is 0.456 e. The molecular formula is C25H30N2O2S. The molecule has 2 aromatic heterocycles. The summed E-state index contributed by atoms with van der Waals surface area (Å²) in [5.41, 5.74) is 5.84. The summed E-state index contributed by atoms with van der Waals surface area (Å²) in [6, 6.07) is 8.38. The van der Waals surface area contributed by atoms with Crippen LogP contribution in [-0.4, -0.2) is 10.9 Å². The minimum absolute atomic E-state index is 0.174. The molecule has 0 aliphatic heterocycles. The Morgan fingerprint density at radius 2 is 1.77 bits per heavy atom. The van der Waals surface area contributed by atoms with Crippen molar-refractivity contribution in [2.75, 3.05) is 5.32 Å². The van der Waals surface area contributed by atoms with Crippen molar-refractivity contribution < 1.29 is 9.21 Å². The lowest BCUT2D eigenvalue weighted by Gasteiger charge is -2.42. The summed E-state index contributed by atoms with van der Waals surface area (Å²) in [5.74, 6) is 0.849. The normalized spacial score (nSPS) is 16.9. The van der Waals surface area contributed by atoms with Crippen LogP contribution in [0.15, 0.2) is 34.9 Å². The van der Waals surface area contributed by atoms with Gasteiger partial charge in [0.2, 0.25) is 0 Å². The van der Waals surface area contributed by atoms with Gasteiger partial charge in [-0.3, -0.25) is 10.1 Å². The van der Waals surface area contributed by atoms with Gasteiger partial charge in [-0.1, -0.05) is 39.8 Å². The van der Waals surface area contributed by atoms with Crippen LogP contribution in [0.4, 0.5) is 5.13 Å². The number of hydrogen-bond donors (Lipinski definition) is 1. The highest BCUT2D eigenvalue weighted by Crippen LogP contribution is 2.46. The Hall–Kier alpha value is -2.40. The highest BCUT2D eigenvalue weighted by molar-refractivity contribution is 7.15. The number of aromatic nitrogens is 1. The van der Waals surface area contributed by atoms with Crippen LogP contribution in [0.25, 0.3) is 0 Å². The highest BCUT2D eigenvalue weighted by Gasteiger charge is 2.37. The summed E-state index contributed by atoms with van der Waals surface area (Å²) < 4.78 is 5.89. The third kappa shape index (κ3) is 3.95. The second kappa shape index (κ2) is 7.38. The maximum absolute atomic E-state index is 12.5. The minimum Gasteiger partial charge on any atom is -0.456 e. The van der Waals surface area contributed by atoms with Crippen molar-refractivity contribution in [3.8, 4) is 0 Å². The van der Waals surface area contributed by atoms with Gasteiger partial charge in [0.05, 0.1) is 0 Å². The van der Waals surface area contributed by atoms with Crippen LogP contribution in [0.1, 0.15) is 84.0 Å². The molecule has 0 saturated heterocycles. The number of nitrogens with zero attached hydrogens (tertiary/aromatic N) is 1. The van der Waals surface area contributed by atoms with E-state index in [0.717, 1.165) is 10.6 Å². The fourth-order valence-electron chi connectivity index (χ4n) is 4.31. The molecule has 0 spiro atoms. The van der Waals surface area contributed by atoms with Gasteiger partial charge in [0.15, 0.2) is 10.9 Å². The van der Waals surface area contributed by atoms with E-state index < -0.39 is 0 Å². The third-order valence-corrected chi connectivity index (χ3v) is 7.23. The van der Waals surface area contributed by atoms with Gasteiger partial charge in [0.25, 0.3) is 5.91 Å². The number of amides is 1. The molecular weight excluding hydrogens is 392 g/mol. The van der Waals surface area contributed by atoms with E-state index in [2.05, 4.69) is 57.1 Å². The quantitative estimate of drug-likeness (QED) is 0.519. The van der Waals surface area contributed by atoms with Crippen molar-refractivity contribution in [2.24, 2.45) is 0 Å². The van der Waals surface area contributed by atoms with E-state index in [-0.39, 0.29) is 16.7 Å². The van der Waals surface area contributed by atoms with E-state index in [1.807, 2.05) is 13.0 Å². The zero-order valence-electron chi connectivity index (χ0n) is 18.7. The lowest BCUT2D eigenvalue weighted by Crippen LogP contribution is -2.34. The van der Waals surface area contributed by atoms with Gasteiger partial charge >= 0.3 is 0 Å². The lowest BCUT2D eigenvalue weighted by atomic mass is 9.62.